The Bertz CT molecular complexity index is 869. The van der Waals surface area contributed by atoms with Crippen LogP contribution in [-0.4, -0.2) is 58.7 Å². The van der Waals surface area contributed by atoms with Gasteiger partial charge in [-0.3, -0.25) is 4.72 Å². The summed E-state index contributed by atoms with van der Waals surface area (Å²) in [6, 6.07) is 7.98. The smallest absolute Gasteiger partial charge is 0.262 e. The van der Waals surface area contributed by atoms with Crippen LogP contribution >= 0.6 is 0 Å². The number of nitrogens with zero attached hydrogens (tertiary/aromatic N) is 2. The molecule has 2 aromatic rings. The van der Waals surface area contributed by atoms with Gasteiger partial charge in [-0.15, -0.1) is 0 Å². The Morgan fingerprint density at radius 2 is 1.89 bits per heavy atom. The predicted molar refractivity (Wildman–Crippen MR) is 104 cm³/mol. The second-order valence-electron chi connectivity index (χ2n) is 6.43. The molecular formula is C18H24N4O4S. The summed E-state index contributed by atoms with van der Waals surface area (Å²) in [6.07, 6.45) is 2.48. The molecule has 1 aromatic carbocycles. The topological polar surface area (TPSA) is 92.8 Å². The predicted octanol–water partition coefficient (Wildman–Crippen LogP) is 2.02. The van der Waals surface area contributed by atoms with E-state index < -0.39 is 10.0 Å². The van der Waals surface area contributed by atoms with Gasteiger partial charge in [0.15, 0.2) is 11.5 Å². The van der Waals surface area contributed by atoms with E-state index in [1.54, 1.807) is 18.2 Å². The minimum atomic E-state index is -3.74. The van der Waals surface area contributed by atoms with E-state index in [4.69, 9.17) is 9.47 Å². The number of benzene rings is 1. The lowest BCUT2D eigenvalue weighted by atomic mass is 10.3. The van der Waals surface area contributed by atoms with Crippen LogP contribution in [0.4, 0.5) is 11.5 Å². The zero-order valence-electron chi connectivity index (χ0n) is 15.4. The Kier molecular flexibility index (Phi) is 6.02. The van der Waals surface area contributed by atoms with Crippen molar-refractivity contribution in [3.63, 3.8) is 0 Å². The lowest BCUT2D eigenvalue weighted by molar-refractivity contribution is 0.171. The number of pyridine rings is 1. The number of fused-ring (bicyclic) bond motifs is 1. The third-order valence-corrected chi connectivity index (χ3v) is 5.31. The van der Waals surface area contributed by atoms with Crippen molar-refractivity contribution < 1.29 is 17.9 Å². The zero-order valence-corrected chi connectivity index (χ0v) is 16.3. The first-order chi connectivity index (χ1) is 12.9. The monoisotopic (exact) mass is 392 g/mol. The largest absolute Gasteiger partial charge is 0.486 e. The van der Waals surface area contributed by atoms with Crippen LogP contribution in [0.5, 0.6) is 11.5 Å². The maximum absolute atomic E-state index is 12.6. The third kappa shape index (κ3) is 5.24. The summed E-state index contributed by atoms with van der Waals surface area (Å²) in [7, 11) is 0.316. The number of anilines is 2. The van der Waals surface area contributed by atoms with Crippen LogP contribution in [0.2, 0.25) is 0 Å². The molecule has 0 radical (unpaired) electrons. The quantitative estimate of drug-likeness (QED) is 0.664. The van der Waals surface area contributed by atoms with Crippen LogP contribution in [-0.2, 0) is 10.0 Å². The highest BCUT2D eigenvalue weighted by atomic mass is 32.2. The summed E-state index contributed by atoms with van der Waals surface area (Å²) in [5, 5.41) is 3.21. The number of hydrogen-bond acceptors (Lipinski definition) is 7. The molecule has 0 aliphatic carbocycles. The number of ether oxygens (including phenoxy) is 2. The average Bonchev–Trinajstić information content (AvgIpc) is 2.65. The zero-order chi connectivity index (χ0) is 19.3. The van der Waals surface area contributed by atoms with Gasteiger partial charge >= 0.3 is 0 Å². The average molecular weight is 392 g/mol. The van der Waals surface area contributed by atoms with Crippen molar-refractivity contribution in [1.29, 1.82) is 0 Å². The van der Waals surface area contributed by atoms with Gasteiger partial charge in [-0.1, -0.05) is 0 Å². The highest BCUT2D eigenvalue weighted by Gasteiger charge is 2.19. The second-order valence-corrected chi connectivity index (χ2v) is 8.11. The van der Waals surface area contributed by atoms with E-state index in [2.05, 4.69) is 19.9 Å². The first-order valence-corrected chi connectivity index (χ1v) is 10.2. The van der Waals surface area contributed by atoms with E-state index in [-0.39, 0.29) is 4.90 Å². The van der Waals surface area contributed by atoms with Gasteiger partial charge in [0.05, 0.1) is 16.8 Å². The third-order valence-electron chi connectivity index (χ3n) is 3.93. The van der Waals surface area contributed by atoms with Crippen molar-refractivity contribution in [3.8, 4) is 11.5 Å². The van der Waals surface area contributed by atoms with Gasteiger partial charge in [0, 0.05) is 12.6 Å². The summed E-state index contributed by atoms with van der Waals surface area (Å²) in [5.41, 5.74) is 0.392. The summed E-state index contributed by atoms with van der Waals surface area (Å²) < 4.78 is 38.6. The Hall–Kier alpha value is -2.52. The van der Waals surface area contributed by atoms with E-state index in [0.29, 0.717) is 36.2 Å². The van der Waals surface area contributed by atoms with Crippen LogP contribution in [0.25, 0.3) is 0 Å². The fourth-order valence-corrected chi connectivity index (χ4v) is 3.63. The molecule has 9 heteroatoms. The number of nitrogens with one attached hydrogen (secondary N) is 2. The molecule has 0 saturated heterocycles. The van der Waals surface area contributed by atoms with Gasteiger partial charge in [-0.05, 0) is 51.3 Å². The molecule has 0 unspecified atom stereocenters. The van der Waals surface area contributed by atoms with Crippen molar-refractivity contribution in [3.05, 3.63) is 36.5 Å². The van der Waals surface area contributed by atoms with Crippen molar-refractivity contribution >= 4 is 21.5 Å². The van der Waals surface area contributed by atoms with Gasteiger partial charge in [0.2, 0.25) is 0 Å². The molecule has 0 spiro atoms. The van der Waals surface area contributed by atoms with Crippen LogP contribution in [0.15, 0.2) is 41.4 Å². The second kappa shape index (κ2) is 8.45. The molecule has 3 rings (SSSR count). The lowest BCUT2D eigenvalue weighted by Gasteiger charge is -2.19. The molecule has 0 fully saturated rings. The van der Waals surface area contributed by atoms with E-state index in [0.717, 1.165) is 19.5 Å². The summed E-state index contributed by atoms with van der Waals surface area (Å²) >= 11 is 0. The number of sulfonamides is 1. The molecule has 0 saturated carbocycles. The molecule has 1 aliphatic rings. The highest BCUT2D eigenvalue weighted by molar-refractivity contribution is 7.92. The van der Waals surface area contributed by atoms with E-state index in [1.165, 1.54) is 18.3 Å². The standard InChI is InChI=1S/C18H24N4O4S/c1-22(2)9-3-8-19-18-7-4-14(13-20-18)21-27(23,24)15-5-6-16-17(12-15)26-11-10-25-16/h4-7,12-13,21H,3,8-11H2,1-2H3,(H,19,20). The van der Waals surface area contributed by atoms with Crippen molar-refractivity contribution in [2.75, 3.05) is 50.4 Å². The number of aromatic nitrogens is 1. The molecule has 1 aliphatic heterocycles. The molecule has 146 valence electrons. The van der Waals surface area contributed by atoms with Crippen LogP contribution < -0.4 is 19.5 Å². The first-order valence-electron chi connectivity index (χ1n) is 8.71. The van der Waals surface area contributed by atoms with E-state index in [1.807, 2.05) is 14.1 Å². The summed E-state index contributed by atoms with van der Waals surface area (Å²) in [5.74, 6) is 1.68. The van der Waals surface area contributed by atoms with Gasteiger partial charge < -0.3 is 19.7 Å². The Morgan fingerprint density at radius 3 is 2.59 bits per heavy atom. The molecule has 1 aromatic heterocycles. The van der Waals surface area contributed by atoms with Crippen LogP contribution in [0.1, 0.15) is 6.42 Å². The summed E-state index contributed by atoms with van der Waals surface area (Å²) in [4.78, 5) is 6.47. The van der Waals surface area contributed by atoms with Gasteiger partial charge in [-0.25, -0.2) is 13.4 Å². The van der Waals surface area contributed by atoms with Crippen molar-refractivity contribution in [2.45, 2.75) is 11.3 Å². The van der Waals surface area contributed by atoms with Crippen molar-refractivity contribution in [1.82, 2.24) is 9.88 Å². The molecule has 2 N–H and O–H groups in total. The molecular weight excluding hydrogens is 368 g/mol. The van der Waals surface area contributed by atoms with Gasteiger partial charge in [-0.2, -0.15) is 0 Å². The maximum Gasteiger partial charge on any atom is 0.262 e. The first kappa shape index (κ1) is 19.2. The Labute approximate surface area is 159 Å². The van der Waals surface area contributed by atoms with Crippen LogP contribution in [0.3, 0.4) is 0 Å². The number of rotatable bonds is 8. The maximum atomic E-state index is 12.6. The van der Waals surface area contributed by atoms with Crippen LogP contribution in [0, 0.1) is 0 Å². The summed E-state index contributed by atoms with van der Waals surface area (Å²) in [6.45, 7) is 2.64. The van der Waals surface area contributed by atoms with Gasteiger partial charge in [0.25, 0.3) is 10.0 Å². The van der Waals surface area contributed by atoms with E-state index in [9.17, 15) is 8.42 Å². The normalized spacial score (nSPS) is 13.4. The molecule has 0 amide bonds. The molecule has 2 heterocycles. The fourth-order valence-electron chi connectivity index (χ4n) is 2.58. The Balaban J connectivity index is 1.62. The Morgan fingerprint density at radius 1 is 1.11 bits per heavy atom. The molecule has 8 nitrogen and oxygen atoms in total. The van der Waals surface area contributed by atoms with Crippen molar-refractivity contribution in [2.24, 2.45) is 0 Å². The SMILES string of the molecule is CN(C)CCCNc1ccc(NS(=O)(=O)c2ccc3c(c2)OCCO3)cn1. The minimum Gasteiger partial charge on any atom is -0.486 e. The highest BCUT2D eigenvalue weighted by Crippen LogP contribution is 2.32. The number of hydrogen-bond donors (Lipinski definition) is 2. The fraction of sp³-hybridized carbons (Fsp3) is 0.389. The van der Waals surface area contributed by atoms with E-state index >= 15 is 0 Å². The molecule has 0 bridgehead atoms. The lowest BCUT2D eigenvalue weighted by Crippen LogP contribution is -2.17. The molecule has 0 atom stereocenters. The van der Waals surface area contributed by atoms with Gasteiger partial charge in [0.1, 0.15) is 19.0 Å². The minimum absolute atomic E-state index is 0.109. The molecule has 27 heavy (non-hydrogen) atoms.